The third-order valence-electron chi connectivity index (χ3n) is 4.09. The SMILES string of the molecule is Cc1cc(S(=O)(=O)Nc2cc(F)ccc2N2CCCC2)ccc1F. The molecule has 0 bridgehead atoms. The van der Waals surface area contributed by atoms with Gasteiger partial charge in [-0.2, -0.15) is 0 Å². The van der Waals surface area contributed by atoms with Gasteiger partial charge < -0.3 is 4.90 Å². The fraction of sp³-hybridized carbons (Fsp3) is 0.294. The van der Waals surface area contributed by atoms with Crippen molar-refractivity contribution >= 4 is 21.4 Å². The van der Waals surface area contributed by atoms with Crippen LogP contribution in [0.2, 0.25) is 0 Å². The van der Waals surface area contributed by atoms with Crippen LogP contribution >= 0.6 is 0 Å². The lowest BCUT2D eigenvalue weighted by molar-refractivity contribution is 0.598. The van der Waals surface area contributed by atoms with E-state index in [4.69, 9.17) is 0 Å². The van der Waals surface area contributed by atoms with Gasteiger partial charge in [0, 0.05) is 19.2 Å². The zero-order valence-electron chi connectivity index (χ0n) is 13.2. The molecule has 2 aromatic rings. The average Bonchev–Trinajstić information content (AvgIpc) is 3.03. The number of nitrogens with one attached hydrogen (secondary N) is 1. The van der Waals surface area contributed by atoms with Gasteiger partial charge in [0.25, 0.3) is 10.0 Å². The van der Waals surface area contributed by atoms with Crippen molar-refractivity contribution in [2.75, 3.05) is 22.7 Å². The number of anilines is 2. The minimum Gasteiger partial charge on any atom is -0.370 e. The summed E-state index contributed by atoms with van der Waals surface area (Å²) in [6.07, 6.45) is 2.03. The van der Waals surface area contributed by atoms with E-state index in [0.29, 0.717) is 5.69 Å². The number of benzene rings is 2. The van der Waals surface area contributed by atoms with Crippen molar-refractivity contribution in [3.8, 4) is 0 Å². The number of aryl methyl sites for hydroxylation is 1. The minimum atomic E-state index is -3.93. The minimum absolute atomic E-state index is 0.0574. The standard InChI is InChI=1S/C17H18F2N2O2S/c1-12-10-14(5-6-15(12)19)24(22,23)20-16-11-13(18)4-7-17(16)21-8-2-3-9-21/h4-7,10-11,20H,2-3,8-9H2,1H3. The molecule has 128 valence electrons. The van der Waals surface area contributed by atoms with E-state index in [2.05, 4.69) is 4.72 Å². The molecule has 4 nitrogen and oxygen atoms in total. The first-order valence-corrected chi connectivity index (χ1v) is 9.18. The Kier molecular flexibility index (Phi) is 4.45. The molecule has 0 spiro atoms. The summed E-state index contributed by atoms with van der Waals surface area (Å²) in [5.74, 6) is -0.997. The molecule has 1 heterocycles. The topological polar surface area (TPSA) is 49.4 Å². The summed E-state index contributed by atoms with van der Waals surface area (Å²) in [5.41, 5.74) is 1.08. The van der Waals surface area contributed by atoms with E-state index in [1.54, 1.807) is 6.07 Å². The lowest BCUT2D eigenvalue weighted by Crippen LogP contribution is -2.21. The Bertz CT molecular complexity index is 863. The maximum Gasteiger partial charge on any atom is 0.261 e. The largest absolute Gasteiger partial charge is 0.370 e. The lowest BCUT2D eigenvalue weighted by atomic mass is 10.2. The zero-order chi connectivity index (χ0) is 17.3. The number of nitrogens with zero attached hydrogens (tertiary/aromatic N) is 1. The number of hydrogen-bond donors (Lipinski definition) is 1. The highest BCUT2D eigenvalue weighted by atomic mass is 32.2. The molecule has 24 heavy (non-hydrogen) atoms. The molecular weight excluding hydrogens is 334 g/mol. The van der Waals surface area contributed by atoms with Gasteiger partial charge >= 0.3 is 0 Å². The molecule has 1 saturated heterocycles. The van der Waals surface area contributed by atoms with Crippen molar-refractivity contribution in [2.24, 2.45) is 0 Å². The molecule has 0 radical (unpaired) electrons. The van der Waals surface area contributed by atoms with Crippen LogP contribution < -0.4 is 9.62 Å². The van der Waals surface area contributed by atoms with E-state index in [1.807, 2.05) is 4.90 Å². The molecule has 1 aliphatic heterocycles. The van der Waals surface area contributed by atoms with Crippen LogP contribution in [0.5, 0.6) is 0 Å². The van der Waals surface area contributed by atoms with E-state index >= 15 is 0 Å². The highest BCUT2D eigenvalue weighted by Crippen LogP contribution is 2.31. The summed E-state index contributed by atoms with van der Waals surface area (Å²) in [5, 5.41) is 0. The summed E-state index contributed by atoms with van der Waals surface area (Å²) in [6, 6.07) is 7.62. The first kappa shape index (κ1) is 16.7. The maximum absolute atomic E-state index is 13.6. The highest BCUT2D eigenvalue weighted by molar-refractivity contribution is 7.92. The van der Waals surface area contributed by atoms with E-state index in [1.165, 1.54) is 31.2 Å². The van der Waals surface area contributed by atoms with Crippen LogP contribution in [-0.2, 0) is 10.0 Å². The Labute approximate surface area is 140 Å². The van der Waals surface area contributed by atoms with Crippen LogP contribution in [0.1, 0.15) is 18.4 Å². The number of rotatable bonds is 4. The zero-order valence-corrected chi connectivity index (χ0v) is 14.0. The third kappa shape index (κ3) is 3.36. The summed E-state index contributed by atoms with van der Waals surface area (Å²) in [4.78, 5) is 1.96. The molecule has 0 aliphatic carbocycles. The Morgan fingerprint density at radius 1 is 1.04 bits per heavy atom. The molecule has 1 N–H and O–H groups in total. The fourth-order valence-electron chi connectivity index (χ4n) is 2.81. The predicted molar refractivity (Wildman–Crippen MR) is 89.8 cm³/mol. The molecule has 2 aromatic carbocycles. The van der Waals surface area contributed by atoms with Gasteiger partial charge in [-0.25, -0.2) is 17.2 Å². The van der Waals surface area contributed by atoms with Gasteiger partial charge in [-0.1, -0.05) is 0 Å². The average molecular weight is 352 g/mol. The quantitative estimate of drug-likeness (QED) is 0.913. The molecule has 0 unspecified atom stereocenters. The van der Waals surface area contributed by atoms with Crippen molar-refractivity contribution in [2.45, 2.75) is 24.7 Å². The molecule has 7 heteroatoms. The summed E-state index contributed by atoms with van der Waals surface area (Å²) in [6.45, 7) is 3.10. The van der Waals surface area contributed by atoms with Gasteiger partial charge in [0.1, 0.15) is 11.6 Å². The first-order chi connectivity index (χ1) is 11.4. The first-order valence-electron chi connectivity index (χ1n) is 7.70. The normalized spacial score (nSPS) is 14.9. The van der Waals surface area contributed by atoms with Gasteiger partial charge in [-0.05, 0) is 55.7 Å². The Hall–Kier alpha value is -2.15. The van der Waals surface area contributed by atoms with Crippen LogP contribution in [0.4, 0.5) is 20.2 Å². The third-order valence-corrected chi connectivity index (χ3v) is 5.45. The van der Waals surface area contributed by atoms with Gasteiger partial charge in [-0.15, -0.1) is 0 Å². The monoisotopic (exact) mass is 352 g/mol. The van der Waals surface area contributed by atoms with Crippen molar-refractivity contribution < 1.29 is 17.2 Å². The Balaban J connectivity index is 1.97. The lowest BCUT2D eigenvalue weighted by Gasteiger charge is -2.22. The van der Waals surface area contributed by atoms with Gasteiger partial charge in [0.05, 0.1) is 16.3 Å². The molecule has 1 aliphatic rings. The van der Waals surface area contributed by atoms with Crippen LogP contribution in [0.3, 0.4) is 0 Å². The fourth-order valence-corrected chi connectivity index (χ4v) is 3.96. The molecule has 0 aromatic heterocycles. The second kappa shape index (κ2) is 6.39. The smallest absolute Gasteiger partial charge is 0.261 e. The van der Waals surface area contributed by atoms with Crippen molar-refractivity contribution in [1.82, 2.24) is 0 Å². The number of hydrogen-bond acceptors (Lipinski definition) is 3. The predicted octanol–water partition coefficient (Wildman–Crippen LogP) is 3.67. The van der Waals surface area contributed by atoms with Crippen molar-refractivity contribution in [3.63, 3.8) is 0 Å². The molecule has 3 rings (SSSR count). The maximum atomic E-state index is 13.6. The summed E-state index contributed by atoms with van der Waals surface area (Å²) < 4.78 is 54.6. The van der Waals surface area contributed by atoms with Crippen LogP contribution in [0, 0.1) is 18.6 Å². The summed E-state index contributed by atoms with van der Waals surface area (Å²) in [7, 11) is -3.93. The molecule has 0 amide bonds. The van der Waals surface area contributed by atoms with E-state index in [9.17, 15) is 17.2 Å². The number of sulfonamides is 1. The van der Waals surface area contributed by atoms with Crippen LogP contribution in [0.15, 0.2) is 41.3 Å². The van der Waals surface area contributed by atoms with E-state index in [-0.39, 0.29) is 16.1 Å². The Morgan fingerprint density at radius 3 is 2.42 bits per heavy atom. The van der Waals surface area contributed by atoms with Crippen molar-refractivity contribution in [3.05, 3.63) is 53.6 Å². The summed E-state index contributed by atoms with van der Waals surface area (Å²) >= 11 is 0. The van der Waals surface area contributed by atoms with Gasteiger partial charge in [0.15, 0.2) is 0 Å². The molecular formula is C17H18F2N2O2S. The van der Waals surface area contributed by atoms with E-state index in [0.717, 1.165) is 32.0 Å². The second-order valence-electron chi connectivity index (χ2n) is 5.87. The molecule has 0 saturated carbocycles. The highest BCUT2D eigenvalue weighted by Gasteiger charge is 2.21. The van der Waals surface area contributed by atoms with Crippen molar-refractivity contribution in [1.29, 1.82) is 0 Å². The van der Waals surface area contributed by atoms with Gasteiger partial charge in [-0.3, -0.25) is 4.72 Å². The van der Waals surface area contributed by atoms with E-state index < -0.39 is 21.7 Å². The molecule has 0 atom stereocenters. The molecule has 1 fully saturated rings. The van der Waals surface area contributed by atoms with Crippen LogP contribution in [-0.4, -0.2) is 21.5 Å². The second-order valence-corrected chi connectivity index (χ2v) is 7.55. The Morgan fingerprint density at radius 2 is 1.75 bits per heavy atom. The number of halogens is 2. The van der Waals surface area contributed by atoms with Gasteiger partial charge in [0.2, 0.25) is 0 Å². The van der Waals surface area contributed by atoms with Crippen LogP contribution in [0.25, 0.3) is 0 Å².